The molecular weight excluding hydrogens is 340 g/mol. The number of nitrogens with zero attached hydrogens (tertiary/aromatic N) is 3. The first kappa shape index (κ1) is 18.0. The van der Waals surface area contributed by atoms with Crippen molar-refractivity contribution in [3.05, 3.63) is 35.5 Å². The number of nitrogens with one attached hydrogen (secondary N) is 1. The van der Waals surface area contributed by atoms with Crippen LogP contribution in [0.2, 0.25) is 0 Å². The van der Waals surface area contributed by atoms with Gasteiger partial charge in [0.2, 0.25) is 0 Å². The number of hydrogen-bond donors (Lipinski definition) is 1. The topological polar surface area (TPSA) is 108 Å². The Balaban J connectivity index is 1.49. The standard InChI is InChI=1S/C17H22N4O5/c1-24-16(22)14-7-8-25-15(14)10-21-9-13(19-20-21)11-26-17(23)18-12-5-3-2-4-6-12/h7-9,12H,2-6,10-11H2,1H3,(H,18,23). The van der Waals surface area contributed by atoms with Gasteiger partial charge in [0.1, 0.15) is 30.2 Å². The molecule has 1 N–H and O–H groups in total. The van der Waals surface area contributed by atoms with E-state index in [4.69, 9.17) is 13.9 Å². The van der Waals surface area contributed by atoms with Gasteiger partial charge in [-0.05, 0) is 18.9 Å². The van der Waals surface area contributed by atoms with Gasteiger partial charge in [-0.15, -0.1) is 5.10 Å². The molecule has 0 unspecified atom stereocenters. The summed E-state index contributed by atoms with van der Waals surface area (Å²) in [6.07, 6.45) is 8.11. The summed E-state index contributed by atoms with van der Waals surface area (Å²) < 4.78 is 16.7. The molecule has 9 nitrogen and oxygen atoms in total. The second-order valence-electron chi connectivity index (χ2n) is 6.21. The number of alkyl carbamates (subject to hydrolysis) is 1. The second-order valence-corrected chi connectivity index (χ2v) is 6.21. The summed E-state index contributed by atoms with van der Waals surface area (Å²) in [6, 6.07) is 1.74. The molecule has 1 aliphatic carbocycles. The summed E-state index contributed by atoms with van der Waals surface area (Å²) in [4.78, 5) is 23.5. The van der Waals surface area contributed by atoms with Crippen LogP contribution in [-0.4, -0.2) is 40.2 Å². The van der Waals surface area contributed by atoms with E-state index < -0.39 is 12.1 Å². The Kier molecular flexibility index (Phi) is 5.88. The average molecular weight is 362 g/mol. The highest BCUT2D eigenvalue weighted by Crippen LogP contribution is 2.17. The second kappa shape index (κ2) is 8.50. The predicted molar refractivity (Wildman–Crippen MR) is 89.4 cm³/mol. The van der Waals surface area contributed by atoms with Crippen molar-refractivity contribution in [2.75, 3.05) is 7.11 Å². The fraction of sp³-hybridized carbons (Fsp3) is 0.529. The van der Waals surface area contributed by atoms with E-state index in [1.54, 1.807) is 6.20 Å². The van der Waals surface area contributed by atoms with Gasteiger partial charge in [-0.3, -0.25) is 0 Å². The van der Waals surface area contributed by atoms with E-state index in [9.17, 15) is 9.59 Å². The Bertz CT molecular complexity index is 748. The zero-order valence-electron chi connectivity index (χ0n) is 14.6. The number of aromatic nitrogens is 3. The number of ether oxygens (including phenoxy) is 2. The Morgan fingerprint density at radius 2 is 2.15 bits per heavy atom. The number of carbonyl (C=O) groups is 2. The van der Waals surface area contributed by atoms with Crippen molar-refractivity contribution in [1.82, 2.24) is 20.3 Å². The first-order chi connectivity index (χ1) is 12.7. The number of methoxy groups -OCH3 is 1. The SMILES string of the molecule is COC(=O)c1ccoc1Cn1cc(COC(=O)NC2CCCCC2)nn1. The molecule has 0 atom stereocenters. The van der Waals surface area contributed by atoms with E-state index in [1.807, 2.05) is 0 Å². The molecule has 0 bridgehead atoms. The fourth-order valence-electron chi connectivity index (χ4n) is 2.98. The minimum Gasteiger partial charge on any atom is -0.466 e. The van der Waals surface area contributed by atoms with Gasteiger partial charge >= 0.3 is 12.1 Å². The van der Waals surface area contributed by atoms with Crippen LogP contribution in [0.25, 0.3) is 0 Å². The van der Waals surface area contributed by atoms with Crippen molar-refractivity contribution in [2.45, 2.75) is 51.3 Å². The molecule has 2 aromatic rings. The summed E-state index contributed by atoms with van der Waals surface area (Å²) in [7, 11) is 1.31. The smallest absolute Gasteiger partial charge is 0.407 e. The summed E-state index contributed by atoms with van der Waals surface area (Å²) in [5.74, 6) is -0.0546. The monoisotopic (exact) mass is 362 g/mol. The molecule has 0 radical (unpaired) electrons. The van der Waals surface area contributed by atoms with Crippen LogP contribution in [0.1, 0.15) is 53.9 Å². The molecular formula is C17H22N4O5. The van der Waals surface area contributed by atoms with Gasteiger partial charge in [0.25, 0.3) is 0 Å². The van der Waals surface area contributed by atoms with Crippen LogP contribution in [0.15, 0.2) is 22.9 Å². The molecule has 0 saturated heterocycles. The fourth-order valence-corrected chi connectivity index (χ4v) is 2.98. The molecule has 0 aromatic carbocycles. The van der Waals surface area contributed by atoms with Gasteiger partial charge in [-0.1, -0.05) is 24.5 Å². The lowest BCUT2D eigenvalue weighted by Crippen LogP contribution is -2.36. The number of hydrogen-bond acceptors (Lipinski definition) is 7. The van der Waals surface area contributed by atoms with Crippen molar-refractivity contribution < 1.29 is 23.5 Å². The molecule has 2 heterocycles. The quantitative estimate of drug-likeness (QED) is 0.785. The molecule has 0 spiro atoms. The zero-order chi connectivity index (χ0) is 18.4. The third kappa shape index (κ3) is 4.62. The summed E-state index contributed by atoms with van der Waals surface area (Å²) >= 11 is 0. The maximum absolute atomic E-state index is 11.8. The Labute approximate surface area is 150 Å². The normalized spacial score (nSPS) is 14.8. The Hall–Kier alpha value is -2.84. The van der Waals surface area contributed by atoms with Crippen molar-refractivity contribution in [3.63, 3.8) is 0 Å². The third-order valence-electron chi connectivity index (χ3n) is 4.32. The highest BCUT2D eigenvalue weighted by atomic mass is 16.5. The van der Waals surface area contributed by atoms with Gasteiger partial charge in [0.05, 0.1) is 19.6 Å². The largest absolute Gasteiger partial charge is 0.466 e. The summed E-state index contributed by atoms with van der Waals surface area (Å²) in [6.45, 7) is 0.249. The number of amides is 1. The van der Waals surface area contributed by atoms with Gasteiger partial charge in [-0.25, -0.2) is 14.3 Å². The van der Waals surface area contributed by atoms with Crippen LogP contribution >= 0.6 is 0 Å². The third-order valence-corrected chi connectivity index (χ3v) is 4.32. The minimum absolute atomic E-state index is 0.0283. The molecule has 3 rings (SSSR count). The van der Waals surface area contributed by atoms with Crippen molar-refractivity contribution in [1.29, 1.82) is 0 Å². The van der Waals surface area contributed by atoms with Crippen molar-refractivity contribution >= 4 is 12.1 Å². The van der Waals surface area contributed by atoms with Crippen LogP contribution in [-0.2, 0) is 22.6 Å². The average Bonchev–Trinajstić information content (AvgIpc) is 3.30. The molecule has 1 aliphatic rings. The maximum atomic E-state index is 11.8. The van der Waals surface area contributed by atoms with Crippen molar-refractivity contribution in [3.8, 4) is 0 Å². The first-order valence-electron chi connectivity index (χ1n) is 8.62. The molecule has 26 heavy (non-hydrogen) atoms. The molecule has 1 amide bonds. The van der Waals surface area contributed by atoms with Crippen LogP contribution in [0.3, 0.4) is 0 Å². The van der Waals surface area contributed by atoms with Crippen LogP contribution in [0, 0.1) is 0 Å². The Morgan fingerprint density at radius 3 is 2.92 bits per heavy atom. The van der Waals surface area contributed by atoms with E-state index in [0.29, 0.717) is 17.0 Å². The van der Waals surface area contributed by atoms with Gasteiger partial charge in [-0.2, -0.15) is 0 Å². The van der Waals surface area contributed by atoms with E-state index in [2.05, 4.69) is 15.6 Å². The van der Waals surface area contributed by atoms with E-state index >= 15 is 0 Å². The summed E-state index contributed by atoms with van der Waals surface area (Å²) in [5, 5.41) is 10.8. The number of rotatable bonds is 6. The van der Waals surface area contributed by atoms with Gasteiger partial charge in [0, 0.05) is 6.04 Å². The van der Waals surface area contributed by atoms with Crippen molar-refractivity contribution in [2.24, 2.45) is 0 Å². The maximum Gasteiger partial charge on any atom is 0.407 e. The lowest BCUT2D eigenvalue weighted by atomic mass is 9.96. The zero-order valence-corrected chi connectivity index (χ0v) is 14.6. The lowest BCUT2D eigenvalue weighted by Gasteiger charge is -2.22. The predicted octanol–water partition coefficient (Wildman–Crippen LogP) is 2.26. The van der Waals surface area contributed by atoms with Gasteiger partial charge < -0.3 is 19.2 Å². The van der Waals surface area contributed by atoms with E-state index in [-0.39, 0.29) is 19.2 Å². The number of carbonyl (C=O) groups excluding carboxylic acids is 2. The van der Waals surface area contributed by atoms with Crippen LogP contribution < -0.4 is 5.32 Å². The molecule has 9 heteroatoms. The highest BCUT2D eigenvalue weighted by Gasteiger charge is 2.18. The highest BCUT2D eigenvalue weighted by molar-refractivity contribution is 5.90. The van der Waals surface area contributed by atoms with E-state index in [1.165, 1.54) is 30.5 Å². The number of furan rings is 1. The lowest BCUT2D eigenvalue weighted by molar-refractivity contribution is 0.0598. The van der Waals surface area contributed by atoms with Crippen LogP contribution in [0.4, 0.5) is 4.79 Å². The summed E-state index contributed by atoms with van der Waals surface area (Å²) in [5.41, 5.74) is 0.850. The molecule has 0 aliphatic heterocycles. The molecule has 2 aromatic heterocycles. The number of esters is 1. The first-order valence-corrected chi connectivity index (χ1v) is 8.62. The molecule has 1 saturated carbocycles. The van der Waals surface area contributed by atoms with E-state index in [0.717, 1.165) is 25.7 Å². The molecule has 1 fully saturated rings. The van der Waals surface area contributed by atoms with Gasteiger partial charge in [0.15, 0.2) is 0 Å². The molecule has 140 valence electrons. The Morgan fingerprint density at radius 1 is 1.35 bits per heavy atom. The minimum atomic E-state index is -0.475. The van der Waals surface area contributed by atoms with Crippen LogP contribution in [0.5, 0.6) is 0 Å².